The van der Waals surface area contributed by atoms with Crippen LogP contribution in [0.4, 0.5) is 0 Å². The Kier molecular flexibility index (Phi) is 11.7. The zero-order valence-electron chi connectivity index (χ0n) is 20.6. The summed E-state index contributed by atoms with van der Waals surface area (Å²) in [6.07, 6.45) is 2.27. The molecule has 0 aliphatic carbocycles. The summed E-state index contributed by atoms with van der Waals surface area (Å²) in [4.78, 5) is 26.0. The monoisotopic (exact) mass is 572 g/mol. The first-order valence-corrected chi connectivity index (χ1v) is 11.8. The van der Waals surface area contributed by atoms with Crippen molar-refractivity contribution in [2.24, 2.45) is 4.99 Å². The van der Waals surface area contributed by atoms with Crippen LogP contribution in [-0.2, 0) is 11.3 Å². The predicted molar refractivity (Wildman–Crippen MR) is 145 cm³/mol. The molecule has 3 rings (SSSR count). The third kappa shape index (κ3) is 7.99. The number of piperazine rings is 1. The maximum atomic E-state index is 12.7. The number of guanidine groups is 1. The Bertz CT molecular complexity index is 761. The van der Waals surface area contributed by atoms with E-state index in [1.807, 2.05) is 44.2 Å². The molecule has 0 saturated carbocycles. The summed E-state index contributed by atoms with van der Waals surface area (Å²) in [5.41, 5.74) is 1.12. The number of benzene rings is 1. The van der Waals surface area contributed by atoms with Gasteiger partial charge in [-0.05, 0) is 39.9 Å². The van der Waals surface area contributed by atoms with Crippen molar-refractivity contribution in [2.45, 2.75) is 32.4 Å². The molecule has 1 N–H and O–H groups in total. The molecular weight excluding hydrogens is 531 g/mol. The van der Waals surface area contributed by atoms with Gasteiger partial charge in [0.15, 0.2) is 5.96 Å². The summed E-state index contributed by atoms with van der Waals surface area (Å²) < 4.78 is 5.99. The third-order valence-electron chi connectivity index (χ3n) is 6.35. The molecule has 2 heterocycles. The average Bonchev–Trinajstić information content (AvgIpc) is 3.34. The molecule has 0 bridgehead atoms. The highest BCUT2D eigenvalue weighted by molar-refractivity contribution is 14.0. The van der Waals surface area contributed by atoms with Crippen LogP contribution in [0.3, 0.4) is 0 Å². The standard InChI is InChI=1S/C24H40N6O2.HI/c1-20(23(31)29-11-7-8-12-29)28-13-15-30(16-14-28)24(25-2)26-19-21-9-5-6-10-22(21)32-18-17-27(3)4;/h5-6,9-10,20H,7-8,11-19H2,1-4H3,(H,25,26);1H. The SMILES string of the molecule is CN=C(NCc1ccccc1OCCN(C)C)N1CCN(C(C)C(=O)N2CCCC2)CC1.I. The van der Waals surface area contributed by atoms with E-state index in [4.69, 9.17) is 4.74 Å². The smallest absolute Gasteiger partial charge is 0.239 e. The van der Waals surface area contributed by atoms with E-state index in [0.29, 0.717) is 13.2 Å². The summed E-state index contributed by atoms with van der Waals surface area (Å²) in [7, 11) is 5.92. The van der Waals surface area contributed by atoms with Crippen molar-refractivity contribution in [3.05, 3.63) is 29.8 Å². The number of carbonyl (C=O) groups is 1. The van der Waals surface area contributed by atoms with Gasteiger partial charge in [0.1, 0.15) is 12.4 Å². The number of halogens is 1. The van der Waals surface area contributed by atoms with Gasteiger partial charge in [-0.2, -0.15) is 0 Å². The van der Waals surface area contributed by atoms with Gasteiger partial charge < -0.3 is 24.8 Å². The molecule has 1 unspecified atom stereocenters. The average molecular weight is 573 g/mol. The normalized spacial score (nSPS) is 18.3. The van der Waals surface area contributed by atoms with Crippen LogP contribution >= 0.6 is 24.0 Å². The highest BCUT2D eigenvalue weighted by atomic mass is 127. The van der Waals surface area contributed by atoms with E-state index in [2.05, 4.69) is 38.0 Å². The van der Waals surface area contributed by atoms with Crippen molar-refractivity contribution in [3.63, 3.8) is 0 Å². The first kappa shape index (κ1) is 27.7. The van der Waals surface area contributed by atoms with E-state index in [0.717, 1.165) is 75.9 Å². The molecule has 8 nitrogen and oxygen atoms in total. The highest BCUT2D eigenvalue weighted by Gasteiger charge is 2.30. The molecule has 0 aromatic heterocycles. The Morgan fingerprint density at radius 3 is 2.39 bits per heavy atom. The molecule has 33 heavy (non-hydrogen) atoms. The summed E-state index contributed by atoms with van der Waals surface area (Å²) in [6.45, 7) is 9.54. The Balaban J connectivity index is 0.00000385. The second-order valence-corrected chi connectivity index (χ2v) is 8.89. The quantitative estimate of drug-likeness (QED) is 0.292. The fourth-order valence-corrected chi connectivity index (χ4v) is 4.31. The van der Waals surface area contributed by atoms with Crippen molar-refractivity contribution >= 4 is 35.8 Å². The minimum atomic E-state index is -0.0450. The molecule has 2 aliphatic heterocycles. The van der Waals surface area contributed by atoms with Crippen molar-refractivity contribution in [1.29, 1.82) is 0 Å². The highest BCUT2D eigenvalue weighted by Crippen LogP contribution is 2.18. The third-order valence-corrected chi connectivity index (χ3v) is 6.35. The minimum Gasteiger partial charge on any atom is -0.492 e. The van der Waals surface area contributed by atoms with Crippen molar-refractivity contribution in [1.82, 2.24) is 24.9 Å². The largest absolute Gasteiger partial charge is 0.492 e. The number of nitrogens with zero attached hydrogens (tertiary/aromatic N) is 5. The number of amides is 1. The number of likely N-dealkylation sites (N-methyl/N-ethyl adjacent to an activating group) is 1. The molecule has 9 heteroatoms. The number of nitrogens with one attached hydrogen (secondary N) is 1. The maximum Gasteiger partial charge on any atom is 0.239 e. The maximum absolute atomic E-state index is 12.7. The number of hydrogen-bond donors (Lipinski definition) is 1. The zero-order valence-corrected chi connectivity index (χ0v) is 23.0. The predicted octanol–water partition coefficient (Wildman–Crippen LogP) is 1.95. The van der Waals surface area contributed by atoms with Crippen LogP contribution in [0.2, 0.25) is 0 Å². The number of rotatable bonds is 8. The van der Waals surface area contributed by atoms with E-state index < -0.39 is 0 Å². The molecule has 1 aromatic rings. The van der Waals surface area contributed by atoms with Crippen LogP contribution in [0, 0.1) is 0 Å². The van der Waals surface area contributed by atoms with Crippen LogP contribution < -0.4 is 10.1 Å². The molecule has 2 aliphatic rings. The van der Waals surface area contributed by atoms with Gasteiger partial charge in [0.25, 0.3) is 0 Å². The van der Waals surface area contributed by atoms with Crippen LogP contribution in [-0.4, -0.2) is 111 Å². The number of likely N-dealkylation sites (tertiary alicyclic amines) is 1. The molecule has 1 atom stereocenters. The second-order valence-electron chi connectivity index (χ2n) is 8.89. The number of para-hydroxylation sites is 1. The fraction of sp³-hybridized carbons (Fsp3) is 0.667. The first-order chi connectivity index (χ1) is 15.5. The van der Waals surface area contributed by atoms with Gasteiger partial charge in [0.2, 0.25) is 5.91 Å². The second kappa shape index (κ2) is 14.0. The number of hydrogen-bond acceptors (Lipinski definition) is 5. The Morgan fingerprint density at radius 1 is 1.09 bits per heavy atom. The Morgan fingerprint density at radius 2 is 1.76 bits per heavy atom. The zero-order chi connectivity index (χ0) is 22.9. The minimum absolute atomic E-state index is 0. The van der Waals surface area contributed by atoms with Crippen molar-refractivity contribution < 1.29 is 9.53 Å². The van der Waals surface area contributed by atoms with E-state index in [1.54, 1.807) is 0 Å². The van der Waals surface area contributed by atoms with Crippen molar-refractivity contribution in [3.8, 4) is 5.75 Å². The number of aliphatic imine (C=N–C) groups is 1. The van der Waals surface area contributed by atoms with E-state index in [1.165, 1.54) is 0 Å². The molecule has 2 fully saturated rings. The molecule has 1 amide bonds. The lowest BCUT2D eigenvalue weighted by molar-refractivity contribution is -0.135. The lowest BCUT2D eigenvalue weighted by atomic mass is 10.2. The van der Waals surface area contributed by atoms with Gasteiger partial charge >= 0.3 is 0 Å². The summed E-state index contributed by atoms with van der Waals surface area (Å²) in [5.74, 6) is 2.09. The van der Waals surface area contributed by atoms with Crippen LogP contribution in [0.15, 0.2) is 29.3 Å². The summed E-state index contributed by atoms with van der Waals surface area (Å²) in [5, 5.41) is 3.50. The van der Waals surface area contributed by atoms with Crippen LogP contribution in [0.1, 0.15) is 25.3 Å². The number of ether oxygens (including phenoxy) is 1. The van der Waals surface area contributed by atoms with Crippen LogP contribution in [0.5, 0.6) is 5.75 Å². The molecule has 1 aromatic carbocycles. The first-order valence-electron chi connectivity index (χ1n) is 11.8. The van der Waals surface area contributed by atoms with Gasteiger partial charge in [0, 0.05) is 65.0 Å². The van der Waals surface area contributed by atoms with Gasteiger partial charge in [-0.3, -0.25) is 14.7 Å². The van der Waals surface area contributed by atoms with E-state index in [-0.39, 0.29) is 35.9 Å². The molecule has 2 saturated heterocycles. The van der Waals surface area contributed by atoms with Gasteiger partial charge in [0.05, 0.1) is 6.04 Å². The number of carbonyl (C=O) groups excluding carboxylic acids is 1. The Hall–Kier alpha value is -1.59. The van der Waals surface area contributed by atoms with Gasteiger partial charge in [-0.15, -0.1) is 24.0 Å². The molecule has 0 radical (unpaired) electrons. The topological polar surface area (TPSA) is 63.7 Å². The molecule has 0 spiro atoms. The van der Waals surface area contributed by atoms with E-state index in [9.17, 15) is 4.79 Å². The Labute approximate surface area is 216 Å². The molecular formula is C24H41IN6O2. The lowest BCUT2D eigenvalue weighted by Gasteiger charge is -2.39. The summed E-state index contributed by atoms with van der Waals surface area (Å²) >= 11 is 0. The lowest BCUT2D eigenvalue weighted by Crippen LogP contribution is -2.57. The van der Waals surface area contributed by atoms with Gasteiger partial charge in [-0.25, -0.2) is 0 Å². The van der Waals surface area contributed by atoms with Gasteiger partial charge in [-0.1, -0.05) is 18.2 Å². The van der Waals surface area contributed by atoms with E-state index >= 15 is 0 Å². The summed E-state index contributed by atoms with van der Waals surface area (Å²) in [6, 6.07) is 8.11. The molecule has 186 valence electrons. The fourth-order valence-electron chi connectivity index (χ4n) is 4.31. The van der Waals surface area contributed by atoms with Crippen LogP contribution in [0.25, 0.3) is 0 Å². The van der Waals surface area contributed by atoms with Crippen molar-refractivity contribution in [2.75, 3.05) is 73.6 Å².